The average molecular weight is 513 g/mol. The van der Waals surface area contributed by atoms with Gasteiger partial charge in [-0.05, 0) is 45.0 Å². The zero-order valence-electron chi connectivity index (χ0n) is 20.1. The van der Waals surface area contributed by atoms with Crippen molar-refractivity contribution in [3.05, 3.63) is 70.9 Å². The lowest BCUT2D eigenvalue weighted by Crippen LogP contribution is -2.52. The molecule has 3 amide bonds. The molecule has 0 spiro atoms. The summed E-state index contributed by atoms with van der Waals surface area (Å²) in [5.74, 6) is -1.92. The van der Waals surface area contributed by atoms with Crippen LogP contribution in [0.4, 0.5) is 13.9 Å². The maximum atomic E-state index is 14.4. The molecule has 2 N–H and O–H groups in total. The van der Waals surface area contributed by atoms with Crippen molar-refractivity contribution in [1.82, 2.24) is 15.2 Å². The third-order valence-electron chi connectivity index (χ3n) is 5.90. The van der Waals surface area contributed by atoms with Gasteiger partial charge in [0.15, 0.2) is 5.13 Å². The van der Waals surface area contributed by atoms with Gasteiger partial charge in [0, 0.05) is 24.1 Å². The molecule has 36 heavy (non-hydrogen) atoms. The van der Waals surface area contributed by atoms with Gasteiger partial charge in [0.05, 0.1) is 12.2 Å². The highest BCUT2D eigenvalue weighted by molar-refractivity contribution is 7.18. The molecule has 2 heterocycles. The van der Waals surface area contributed by atoms with E-state index in [1.54, 1.807) is 12.1 Å². The van der Waals surface area contributed by atoms with Crippen LogP contribution in [0.3, 0.4) is 0 Å². The smallest absolute Gasteiger partial charge is 0.266 e. The van der Waals surface area contributed by atoms with Gasteiger partial charge < -0.3 is 10.2 Å². The van der Waals surface area contributed by atoms with Crippen molar-refractivity contribution in [2.75, 3.05) is 18.4 Å². The number of nitrogens with zero attached hydrogens (tertiary/aromatic N) is 2. The number of carbonyl (C=O) groups is 3. The van der Waals surface area contributed by atoms with Crippen LogP contribution in [0.2, 0.25) is 0 Å². The third-order valence-corrected chi connectivity index (χ3v) is 6.86. The predicted molar refractivity (Wildman–Crippen MR) is 134 cm³/mol. The first-order chi connectivity index (χ1) is 16.9. The van der Waals surface area contributed by atoms with Crippen LogP contribution in [0.1, 0.15) is 47.2 Å². The monoisotopic (exact) mass is 512 g/mol. The first-order valence-electron chi connectivity index (χ1n) is 11.4. The zero-order valence-corrected chi connectivity index (χ0v) is 20.9. The molecule has 1 atom stereocenters. The number of alkyl halides is 1. The number of nitrogens with one attached hydrogen (secondary N) is 2. The van der Waals surface area contributed by atoms with Crippen LogP contribution in [-0.4, -0.2) is 51.9 Å². The minimum absolute atomic E-state index is 0.0118. The fraction of sp³-hybridized carbons (Fsp3) is 0.308. The molecule has 0 bridgehead atoms. The van der Waals surface area contributed by atoms with Crippen LogP contribution >= 0.6 is 11.3 Å². The summed E-state index contributed by atoms with van der Waals surface area (Å²) in [5.41, 5.74) is -1.52. The number of benzene rings is 2. The number of anilines is 1. The number of hydrogen-bond donors (Lipinski definition) is 2. The van der Waals surface area contributed by atoms with Crippen molar-refractivity contribution in [2.24, 2.45) is 0 Å². The molecule has 1 saturated heterocycles. The van der Waals surface area contributed by atoms with E-state index >= 15 is 0 Å². The highest BCUT2D eigenvalue weighted by Crippen LogP contribution is 2.35. The van der Waals surface area contributed by atoms with Crippen LogP contribution in [0, 0.1) is 5.82 Å². The van der Waals surface area contributed by atoms with Crippen molar-refractivity contribution < 1.29 is 23.2 Å². The highest BCUT2D eigenvalue weighted by Gasteiger charge is 2.38. The molecule has 0 aliphatic carbocycles. The molecule has 1 aliphatic rings. The Bertz CT molecular complexity index is 1290. The van der Waals surface area contributed by atoms with E-state index in [4.69, 9.17) is 0 Å². The molecule has 1 aliphatic heterocycles. The lowest BCUT2D eigenvalue weighted by Gasteiger charge is -2.24. The van der Waals surface area contributed by atoms with Crippen LogP contribution in [-0.2, 0) is 4.79 Å². The van der Waals surface area contributed by atoms with E-state index in [0.29, 0.717) is 22.7 Å². The molecule has 0 radical (unpaired) electrons. The maximum Gasteiger partial charge on any atom is 0.266 e. The van der Waals surface area contributed by atoms with Crippen LogP contribution in [0.5, 0.6) is 0 Å². The Morgan fingerprint density at radius 1 is 1.08 bits per heavy atom. The number of halogens is 2. The van der Waals surface area contributed by atoms with Crippen LogP contribution in [0.15, 0.2) is 54.6 Å². The Labute approximate surface area is 211 Å². The van der Waals surface area contributed by atoms with Gasteiger partial charge in [-0.3, -0.25) is 19.7 Å². The molecule has 188 valence electrons. The van der Waals surface area contributed by atoms with Gasteiger partial charge in [0.25, 0.3) is 17.7 Å². The van der Waals surface area contributed by atoms with Crippen molar-refractivity contribution >= 4 is 34.2 Å². The molecular formula is C26H26F2N4O3S. The summed E-state index contributed by atoms with van der Waals surface area (Å²) in [5, 5.41) is 5.49. The molecule has 7 nitrogen and oxygen atoms in total. The summed E-state index contributed by atoms with van der Waals surface area (Å²) in [6.45, 7) is 4.80. The highest BCUT2D eigenvalue weighted by atomic mass is 32.1. The predicted octanol–water partition coefficient (Wildman–Crippen LogP) is 4.67. The summed E-state index contributed by atoms with van der Waals surface area (Å²) in [7, 11) is 0. The number of aromatic nitrogens is 1. The molecule has 3 aromatic rings. The van der Waals surface area contributed by atoms with E-state index in [-0.39, 0.29) is 29.6 Å². The molecule has 1 aromatic heterocycles. The van der Waals surface area contributed by atoms with E-state index in [1.807, 2.05) is 18.2 Å². The molecule has 1 fully saturated rings. The lowest BCUT2D eigenvalue weighted by atomic mass is 10.0. The zero-order chi connectivity index (χ0) is 26.1. The Hall–Kier alpha value is -3.66. The summed E-state index contributed by atoms with van der Waals surface area (Å²) >= 11 is 1.000. The minimum Gasteiger partial charge on any atom is -0.338 e. The Morgan fingerprint density at radius 2 is 1.75 bits per heavy atom. The number of rotatable bonds is 6. The third kappa shape index (κ3) is 5.59. The standard InChI is InChI=1S/C26H26F2N4O3S/c1-25(2,31-21(33)17-9-11-18(27)12-10-17)23(35)30-24-29-19(16-7-5-4-6-8-16)20(36-24)22(34)32-14-13-26(3,28)15-32/h4-12H,13-15H2,1-3H3,(H,31,33)(H,29,30,35). The number of likely N-dealkylation sites (tertiary alicyclic amines) is 1. The molecule has 4 rings (SSSR count). The summed E-state index contributed by atoms with van der Waals surface area (Å²) < 4.78 is 27.6. The van der Waals surface area contributed by atoms with Gasteiger partial charge in [-0.2, -0.15) is 0 Å². The topological polar surface area (TPSA) is 91.4 Å². The first kappa shape index (κ1) is 25.4. The van der Waals surface area contributed by atoms with Gasteiger partial charge >= 0.3 is 0 Å². The molecule has 0 saturated carbocycles. The largest absolute Gasteiger partial charge is 0.338 e. The molecular weight excluding hydrogens is 486 g/mol. The molecule has 2 aromatic carbocycles. The fourth-order valence-corrected chi connectivity index (χ4v) is 4.77. The second-order valence-electron chi connectivity index (χ2n) is 9.49. The normalized spacial score (nSPS) is 17.6. The van der Waals surface area contributed by atoms with Crippen molar-refractivity contribution in [3.8, 4) is 11.3 Å². The quantitative estimate of drug-likeness (QED) is 0.502. The second kappa shape index (κ2) is 9.77. The van der Waals surface area contributed by atoms with E-state index < -0.39 is 28.8 Å². The van der Waals surface area contributed by atoms with Gasteiger partial charge in [0.2, 0.25) is 0 Å². The molecule has 10 heteroatoms. The summed E-state index contributed by atoms with van der Waals surface area (Å²) in [4.78, 5) is 45.1. The van der Waals surface area contributed by atoms with Gasteiger partial charge in [-0.15, -0.1) is 0 Å². The van der Waals surface area contributed by atoms with E-state index in [0.717, 1.165) is 23.5 Å². The first-order valence-corrected chi connectivity index (χ1v) is 12.2. The van der Waals surface area contributed by atoms with Crippen LogP contribution < -0.4 is 10.6 Å². The SMILES string of the molecule is CC1(F)CCN(C(=O)c2sc(NC(=O)C(C)(C)NC(=O)c3ccc(F)cc3)nc2-c2ccccc2)C1. The van der Waals surface area contributed by atoms with Crippen molar-refractivity contribution in [2.45, 2.75) is 38.4 Å². The van der Waals surface area contributed by atoms with Gasteiger partial charge in [0.1, 0.15) is 21.9 Å². The Morgan fingerprint density at radius 3 is 2.36 bits per heavy atom. The number of thiazole rings is 1. The fourth-order valence-electron chi connectivity index (χ4n) is 3.82. The van der Waals surface area contributed by atoms with Crippen molar-refractivity contribution in [3.63, 3.8) is 0 Å². The number of amides is 3. The van der Waals surface area contributed by atoms with E-state index in [2.05, 4.69) is 15.6 Å². The van der Waals surface area contributed by atoms with E-state index in [1.165, 1.54) is 37.8 Å². The maximum absolute atomic E-state index is 14.4. The Balaban J connectivity index is 1.56. The van der Waals surface area contributed by atoms with Crippen LogP contribution in [0.25, 0.3) is 11.3 Å². The Kier molecular flexibility index (Phi) is 6.90. The number of hydrogen-bond acceptors (Lipinski definition) is 5. The van der Waals surface area contributed by atoms with Gasteiger partial charge in [-0.25, -0.2) is 13.8 Å². The number of carbonyl (C=O) groups excluding carboxylic acids is 3. The van der Waals surface area contributed by atoms with Gasteiger partial charge in [-0.1, -0.05) is 41.7 Å². The molecule has 1 unspecified atom stereocenters. The summed E-state index contributed by atoms with van der Waals surface area (Å²) in [6.07, 6.45) is 0.254. The van der Waals surface area contributed by atoms with Crippen molar-refractivity contribution in [1.29, 1.82) is 0 Å². The average Bonchev–Trinajstić information content (AvgIpc) is 3.42. The minimum atomic E-state index is -1.45. The summed E-state index contributed by atoms with van der Waals surface area (Å²) in [6, 6.07) is 14.0. The second-order valence-corrected chi connectivity index (χ2v) is 10.5. The lowest BCUT2D eigenvalue weighted by molar-refractivity contribution is -0.120. The van der Waals surface area contributed by atoms with E-state index in [9.17, 15) is 23.2 Å².